The third-order valence-electron chi connectivity index (χ3n) is 9.23. The molecule has 1 aliphatic heterocycles. The summed E-state index contributed by atoms with van der Waals surface area (Å²) in [6, 6.07) is 6.80. The first kappa shape index (κ1) is 49.6. The molecule has 19 heteroatoms. The van der Waals surface area contributed by atoms with E-state index in [1.54, 1.807) is 65.8 Å². The van der Waals surface area contributed by atoms with Gasteiger partial charge in [-0.25, -0.2) is 14.4 Å². The summed E-state index contributed by atoms with van der Waals surface area (Å²) in [7, 11) is 2.50. The van der Waals surface area contributed by atoms with Gasteiger partial charge in [-0.2, -0.15) is 0 Å². The highest BCUT2D eigenvalue weighted by Crippen LogP contribution is 2.29. The van der Waals surface area contributed by atoms with Crippen LogP contribution in [0.4, 0.5) is 0 Å². The van der Waals surface area contributed by atoms with E-state index in [4.69, 9.17) is 28.2 Å². The Morgan fingerprint density at radius 2 is 0.966 bits per heavy atom. The molecule has 4 amide bonds. The second-order valence-electron chi connectivity index (χ2n) is 17.4. The Morgan fingerprint density at radius 3 is 1.33 bits per heavy atom. The van der Waals surface area contributed by atoms with Crippen LogP contribution in [0.3, 0.4) is 0 Å². The summed E-state index contributed by atoms with van der Waals surface area (Å²) >= 11 is 0. The molecule has 0 unspecified atom stereocenters. The number of carbonyl (C=O) groups excluding carboxylic acids is 7. The van der Waals surface area contributed by atoms with Crippen LogP contribution in [0.15, 0.2) is 24.3 Å². The summed E-state index contributed by atoms with van der Waals surface area (Å²) < 4.78 is 33.5. The number of hydrogen-bond donors (Lipinski definition) is 5. The Bertz CT molecular complexity index is 1690. The van der Waals surface area contributed by atoms with Gasteiger partial charge >= 0.3 is 24.7 Å². The third-order valence-corrected chi connectivity index (χ3v) is 9.23. The van der Waals surface area contributed by atoms with Gasteiger partial charge in [0.05, 0.1) is 24.9 Å². The van der Waals surface area contributed by atoms with Gasteiger partial charge in [-0.3, -0.25) is 24.5 Å². The van der Waals surface area contributed by atoms with Crippen molar-refractivity contribution in [3.05, 3.63) is 29.8 Å². The summed E-state index contributed by atoms with van der Waals surface area (Å²) in [5.41, 5.74) is -6.42. The van der Waals surface area contributed by atoms with E-state index >= 15 is 0 Å². The number of benzene rings is 1. The van der Waals surface area contributed by atoms with E-state index in [0.717, 1.165) is 0 Å². The van der Waals surface area contributed by atoms with Gasteiger partial charge in [-0.1, -0.05) is 29.8 Å². The van der Waals surface area contributed by atoms with Crippen molar-refractivity contribution in [2.75, 3.05) is 14.2 Å². The van der Waals surface area contributed by atoms with Gasteiger partial charge in [-0.15, -0.1) is 5.46 Å². The number of ether oxygens (including phenoxy) is 3. The highest BCUT2D eigenvalue weighted by molar-refractivity contribution is 6.76. The van der Waals surface area contributed by atoms with E-state index in [1.807, 2.05) is 0 Å². The predicted octanol–water partition coefficient (Wildman–Crippen LogP) is 0.787. The van der Waals surface area contributed by atoms with Crippen LogP contribution in [0.5, 0.6) is 0 Å². The van der Waals surface area contributed by atoms with E-state index in [2.05, 4.69) is 26.6 Å². The zero-order valence-corrected chi connectivity index (χ0v) is 36.7. The molecule has 0 aliphatic carbocycles. The van der Waals surface area contributed by atoms with Crippen molar-refractivity contribution in [3.63, 3.8) is 0 Å². The summed E-state index contributed by atoms with van der Waals surface area (Å²) in [6.45, 7) is 18.5. The van der Waals surface area contributed by atoms with Crippen LogP contribution in [-0.2, 0) is 68.3 Å². The smallest absolute Gasteiger partial charge is 0.410 e. The molecule has 0 spiro atoms. The van der Waals surface area contributed by atoms with E-state index in [9.17, 15) is 33.6 Å². The molecule has 18 nitrogen and oxygen atoms in total. The topological polar surface area (TPSA) is 235 Å². The van der Waals surface area contributed by atoms with Crippen LogP contribution in [0.25, 0.3) is 0 Å². The van der Waals surface area contributed by atoms with Crippen molar-refractivity contribution in [2.45, 2.75) is 156 Å². The third kappa shape index (κ3) is 12.2. The highest BCUT2D eigenvalue weighted by atomic mass is 16.8. The summed E-state index contributed by atoms with van der Waals surface area (Å²) in [4.78, 5) is 92.1. The van der Waals surface area contributed by atoms with Crippen LogP contribution >= 0.6 is 0 Å². The number of nitrogens with one attached hydrogen (secondary N) is 5. The Hall–Kier alpha value is -4.59. The minimum absolute atomic E-state index is 0.0262. The Labute approximate surface area is 341 Å². The first-order chi connectivity index (χ1) is 26.4. The van der Waals surface area contributed by atoms with Crippen molar-refractivity contribution in [2.24, 2.45) is 0 Å². The monoisotopic (exact) mass is 821 g/mol. The Morgan fingerprint density at radius 1 is 0.603 bits per heavy atom. The molecule has 0 bridgehead atoms. The molecular formula is C39H63BN5O13-. The van der Waals surface area contributed by atoms with Gasteiger partial charge in [0.25, 0.3) is 0 Å². The molecule has 1 aromatic carbocycles. The summed E-state index contributed by atoms with van der Waals surface area (Å²) in [5, 5.41) is 13.7. The maximum Gasteiger partial charge on any atom is 0.410 e. The average Bonchev–Trinajstić information content (AvgIpc) is 3.51. The van der Waals surface area contributed by atoms with Gasteiger partial charge < -0.3 is 49.4 Å². The van der Waals surface area contributed by atoms with Gasteiger partial charge in [0.1, 0.15) is 34.4 Å². The van der Waals surface area contributed by atoms with Gasteiger partial charge in [0, 0.05) is 6.54 Å². The highest BCUT2D eigenvalue weighted by Gasteiger charge is 2.53. The van der Waals surface area contributed by atoms with Crippen LogP contribution in [-0.4, -0.2) is 115 Å². The number of rotatable bonds is 18. The van der Waals surface area contributed by atoms with E-state index in [-0.39, 0.29) is 6.54 Å². The van der Waals surface area contributed by atoms with E-state index < -0.39 is 100 Å². The number of hydrogen-bond acceptors (Lipinski definition) is 14. The molecular weight excluding hydrogens is 758 g/mol. The lowest BCUT2D eigenvalue weighted by atomic mass is 9.67. The molecule has 5 N–H and O–H groups in total. The van der Waals surface area contributed by atoms with Crippen molar-refractivity contribution in [1.82, 2.24) is 26.6 Å². The molecule has 58 heavy (non-hydrogen) atoms. The van der Waals surface area contributed by atoms with Gasteiger partial charge in [0.15, 0.2) is 0 Å². The lowest BCUT2D eigenvalue weighted by Gasteiger charge is -2.38. The first-order valence-corrected chi connectivity index (χ1v) is 19.1. The average molecular weight is 822 g/mol. The van der Waals surface area contributed by atoms with E-state index in [1.165, 1.54) is 69.6 Å². The zero-order valence-electron chi connectivity index (χ0n) is 36.7. The first-order valence-electron chi connectivity index (χ1n) is 19.1. The number of esters is 3. The summed E-state index contributed by atoms with van der Waals surface area (Å²) in [6.07, 6.45) is -4.03. The van der Waals surface area contributed by atoms with Crippen LogP contribution in [0.1, 0.15) is 102 Å². The fourth-order valence-corrected chi connectivity index (χ4v) is 5.58. The SMILES string of the molecule is COC(=O)[C@@](C)([13CH3])NC(=O)C(C)(C)NC(=O)C(C)(C)NC(=O)C(C)(C)NC(=O)C(C)(C)NCc1ccccc1[B-]1(OC)O[C@H](C(=O)OC(C)C)[C@@H](C(=O)OC(C)C)O1. The fraction of sp³-hybridized carbons (Fsp3) is 0.667. The maximum atomic E-state index is 13.7. The minimum atomic E-state index is -2.93. The van der Waals surface area contributed by atoms with Crippen molar-refractivity contribution in [3.8, 4) is 0 Å². The molecule has 0 radical (unpaired) electrons. The largest absolute Gasteiger partial charge is 0.543 e. The second-order valence-corrected chi connectivity index (χ2v) is 17.4. The molecule has 0 saturated carbocycles. The summed E-state index contributed by atoms with van der Waals surface area (Å²) in [5.74, 6) is -5.01. The lowest BCUT2D eigenvalue weighted by Crippen LogP contribution is -2.68. The maximum absolute atomic E-state index is 13.7. The molecule has 1 fully saturated rings. The van der Waals surface area contributed by atoms with Crippen molar-refractivity contribution in [1.29, 1.82) is 0 Å². The number of carbonyl (C=O) groups is 7. The molecule has 326 valence electrons. The van der Waals surface area contributed by atoms with Gasteiger partial charge in [0.2, 0.25) is 23.6 Å². The second kappa shape index (κ2) is 18.6. The molecule has 1 heterocycles. The standard InChI is InChI=1S/C39H63BN5O13/c1-22(2)55-28(46)26-27(29(47)56-23(3)4)58-40(54-16,57-26)25-20-18-17-19-24(25)21-41-35(5,6)30(48)42-36(7,8)31(49)43-37(9,10)32(50)44-38(11,12)33(51)45-39(13,14)34(52)53-15/h17-20,22-23,26-27,41H,21H2,1-16H3,(H,42,48)(H,43,49)(H,44,50)(H,45,51)/q-1/t26-,27-/m0/s1/i13+1/t26-,27-,39-. The lowest BCUT2D eigenvalue weighted by molar-refractivity contribution is -0.167. The van der Waals surface area contributed by atoms with Gasteiger partial charge in [-0.05, 0) is 104 Å². The van der Waals surface area contributed by atoms with Crippen LogP contribution in [0.2, 0.25) is 0 Å². The molecule has 0 aromatic heterocycles. The normalized spacial score (nSPS) is 18.1. The molecule has 1 saturated heterocycles. The predicted molar refractivity (Wildman–Crippen MR) is 213 cm³/mol. The number of amides is 4. The van der Waals surface area contributed by atoms with Crippen molar-refractivity contribution >= 4 is 53.8 Å². The van der Waals surface area contributed by atoms with Crippen LogP contribution in [0, 0.1) is 0 Å². The number of methoxy groups -OCH3 is 1. The Kier molecular flexibility index (Phi) is 15.9. The van der Waals surface area contributed by atoms with Crippen molar-refractivity contribution < 1.29 is 61.7 Å². The fourth-order valence-electron chi connectivity index (χ4n) is 5.58. The van der Waals surface area contributed by atoms with Crippen LogP contribution < -0.4 is 32.0 Å². The Balaban J connectivity index is 2.23. The minimum Gasteiger partial charge on any atom is -0.543 e. The molecule has 1 aliphatic rings. The zero-order chi connectivity index (χ0) is 44.8. The molecule has 1 aromatic rings. The quantitative estimate of drug-likeness (QED) is 0.0597. The van der Waals surface area contributed by atoms with E-state index in [0.29, 0.717) is 11.0 Å². The molecule has 3 atom stereocenters. The molecule has 2 rings (SSSR count).